The summed E-state index contributed by atoms with van der Waals surface area (Å²) in [6, 6.07) is 0. The Kier molecular flexibility index (Phi) is 26.5. The minimum absolute atomic E-state index is 0. The maximum Gasteiger partial charge on any atom is 0.314 e. The maximum absolute atomic E-state index is 10.0. The van der Waals surface area contributed by atoms with Crippen molar-refractivity contribution in [2.45, 2.75) is 60.8 Å². The smallest absolute Gasteiger partial charge is 0.314 e. The second kappa shape index (κ2) is 20.1. The molecule has 0 spiro atoms. The molecule has 0 aromatic heterocycles. The van der Waals surface area contributed by atoms with E-state index in [1.165, 1.54) is 0 Å². The number of cyclic esters (lactones) is 2. The van der Waals surface area contributed by atoms with E-state index in [4.69, 9.17) is 20.4 Å². The fraction of sp³-hybridized carbons (Fsp3) is 0.600. The van der Waals surface area contributed by atoms with Gasteiger partial charge in [-0.25, -0.2) is 0 Å². The van der Waals surface area contributed by atoms with Crippen molar-refractivity contribution < 1.29 is 53.9 Å². The molecule has 1 rings (SSSR count). The first-order chi connectivity index (χ1) is 10.5. The third-order valence-corrected chi connectivity index (χ3v) is 1.87. The van der Waals surface area contributed by atoms with Gasteiger partial charge in [-0.05, 0) is 0 Å². The molecule has 0 aromatic carbocycles. The van der Waals surface area contributed by atoms with E-state index in [1.807, 2.05) is 0 Å². The Hall–Kier alpha value is -2.98. The molecule has 1 aliphatic rings. The Bertz CT molecular complexity index is 398. The molecule has 4 N–H and O–H groups in total. The molecule has 0 aromatic rings. The van der Waals surface area contributed by atoms with Crippen LogP contribution < -0.4 is 0 Å². The number of hydrogen-bond acceptors (Lipinski definition) is 7. The van der Waals surface area contributed by atoms with Crippen molar-refractivity contribution in [1.29, 1.82) is 0 Å². The molecule has 1 saturated heterocycles. The quantitative estimate of drug-likeness (QED) is 0.384. The van der Waals surface area contributed by atoms with Gasteiger partial charge in [-0.2, -0.15) is 0 Å². The van der Waals surface area contributed by atoms with Crippen LogP contribution in [0.4, 0.5) is 0 Å². The Balaban J connectivity index is -0.0000000802. The highest BCUT2D eigenvalue weighted by Crippen LogP contribution is 2.03. The van der Waals surface area contributed by atoms with Crippen LogP contribution in [0.1, 0.15) is 60.8 Å². The summed E-state index contributed by atoms with van der Waals surface area (Å²) in [4.78, 5) is 58.6. The molecule has 0 atom stereocenters. The molecule has 11 heteroatoms. The van der Waals surface area contributed by atoms with Crippen LogP contribution in [0.25, 0.3) is 0 Å². The van der Waals surface area contributed by atoms with Gasteiger partial charge in [0.15, 0.2) is 0 Å². The van der Waals surface area contributed by atoms with E-state index >= 15 is 0 Å². The topological polar surface area (TPSA) is 193 Å². The standard InChI is InChI=1S/2C4H6O4.C4H4O3.3CH4/c2*5-3(6)1-2-4(7)8;5-3-1-2-4(6)7-3;;;/h2*1-2H2,(H,5,6)(H,7,8);1-2H2;3*1H4. The highest BCUT2D eigenvalue weighted by molar-refractivity contribution is 5.92. The van der Waals surface area contributed by atoms with Gasteiger partial charge in [0.2, 0.25) is 0 Å². The zero-order valence-corrected chi connectivity index (χ0v) is 11.9. The number of ether oxygens (including phenoxy) is 1. The van der Waals surface area contributed by atoms with Gasteiger partial charge in [0, 0.05) is 0 Å². The molecule has 1 fully saturated rings. The fourth-order valence-electron chi connectivity index (χ4n) is 0.861. The van der Waals surface area contributed by atoms with Gasteiger partial charge < -0.3 is 25.2 Å². The molecule has 0 saturated carbocycles. The van der Waals surface area contributed by atoms with Crippen molar-refractivity contribution >= 4 is 35.8 Å². The van der Waals surface area contributed by atoms with Gasteiger partial charge >= 0.3 is 35.8 Å². The molecule has 0 bridgehead atoms. The van der Waals surface area contributed by atoms with Crippen molar-refractivity contribution in [2.24, 2.45) is 0 Å². The molecule has 1 heterocycles. The number of esters is 2. The van der Waals surface area contributed by atoms with E-state index in [9.17, 15) is 28.8 Å². The summed E-state index contributed by atoms with van der Waals surface area (Å²) in [5.74, 6) is -5.10. The molecule has 11 nitrogen and oxygen atoms in total. The summed E-state index contributed by atoms with van der Waals surface area (Å²) < 4.78 is 4.08. The lowest BCUT2D eigenvalue weighted by Crippen LogP contribution is -2.00. The van der Waals surface area contributed by atoms with E-state index in [1.54, 1.807) is 0 Å². The molecule has 0 amide bonds. The number of carboxylic acid groups (broad SMARTS) is 4. The summed E-state index contributed by atoms with van der Waals surface area (Å²) in [6.07, 6.45) is -0.660. The largest absolute Gasteiger partial charge is 0.481 e. The van der Waals surface area contributed by atoms with Crippen molar-refractivity contribution in [3.63, 3.8) is 0 Å². The van der Waals surface area contributed by atoms with Crippen LogP contribution in [0.3, 0.4) is 0 Å². The van der Waals surface area contributed by atoms with Gasteiger partial charge in [-0.3, -0.25) is 28.8 Å². The molecular weight excluding hydrogens is 356 g/mol. The summed E-state index contributed by atoms with van der Waals surface area (Å²) in [5.41, 5.74) is 0. The first-order valence-electron chi connectivity index (χ1n) is 6.15. The van der Waals surface area contributed by atoms with Crippen molar-refractivity contribution in [3.8, 4) is 0 Å². The summed E-state index contributed by atoms with van der Waals surface area (Å²) in [6.45, 7) is 0. The van der Waals surface area contributed by atoms with Crippen LogP contribution in [-0.2, 0) is 33.5 Å². The second-order valence-electron chi connectivity index (χ2n) is 3.92. The summed E-state index contributed by atoms with van der Waals surface area (Å²) >= 11 is 0. The van der Waals surface area contributed by atoms with Gasteiger partial charge in [0.1, 0.15) is 0 Å². The van der Waals surface area contributed by atoms with Crippen LogP contribution in [0.15, 0.2) is 0 Å². The highest BCUT2D eigenvalue weighted by atomic mass is 16.6. The maximum atomic E-state index is 10.0. The SMILES string of the molecule is C.C.C.O=C(O)CCC(=O)O.O=C(O)CCC(=O)O.O=C1CCC(=O)O1. The molecule has 1 aliphatic heterocycles. The third-order valence-electron chi connectivity index (χ3n) is 1.87. The molecule has 26 heavy (non-hydrogen) atoms. The number of carbonyl (C=O) groups is 6. The summed E-state index contributed by atoms with van der Waals surface area (Å²) in [5, 5.41) is 31.6. The number of carboxylic acids is 4. The molecule has 0 unspecified atom stereocenters. The number of hydrogen-bond donors (Lipinski definition) is 4. The molecule has 154 valence electrons. The molecule has 0 radical (unpaired) electrons. The Morgan fingerprint density at radius 3 is 0.885 bits per heavy atom. The van der Waals surface area contributed by atoms with Gasteiger partial charge in [0.05, 0.1) is 38.5 Å². The summed E-state index contributed by atoms with van der Waals surface area (Å²) in [7, 11) is 0. The number of rotatable bonds is 6. The van der Waals surface area contributed by atoms with Crippen molar-refractivity contribution in [3.05, 3.63) is 0 Å². The minimum atomic E-state index is -1.08. The van der Waals surface area contributed by atoms with E-state index in [0.717, 1.165) is 0 Å². The van der Waals surface area contributed by atoms with Crippen LogP contribution in [0, 0.1) is 0 Å². The van der Waals surface area contributed by atoms with Crippen LogP contribution >= 0.6 is 0 Å². The van der Waals surface area contributed by atoms with Crippen LogP contribution in [0.2, 0.25) is 0 Å². The van der Waals surface area contributed by atoms with Gasteiger partial charge in [-0.1, -0.05) is 22.3 Å². The number of carbonyl (C=O) groups excluding carboxylic acids is 2. The zero-order chi connectivity index (χ0) is 18.4. The lowest BCUT2D eigenvalue weighted by Gasteiger charge is -1.85. The molecule has 0 aliphatic carbocycles. The van der Waals surface area contributed by atoms with Crippen LogP contribution in [0.5, 0.6) is 0 Å². The van der Waals surface area contributed by atoms with Crippen molar-refractivity contribution in [2.75, 3.05) is 0 Å². The first-order valence-corrected chi connectivity index (χ1v) is 6.15. The van der Waals surface area contributed by atoms with E-state index < -0.39 is 35.8 Å². The normalized spacial score (nSPS) is 10.6. The zero-order valence-electron chi connectivity index (χ0n) is 11.9. The van der Waals surface area contributed by atoms with Crippen LogP contribution in [-0.4, -0.2) is 56.2 Å². The predicted molar refractivity (Wildman–Crippen MR) is 89.5 cm³/mol. The monoisotopic (exact) mass is 384 g/mol. The first kappa shape index (κ1) is 34.4. The molecular formula is C15H28O11. The lowest BCUT2D eigenvalue weighted by atomic mass is 10.3. The Morgan fingerprint density at radius 1 is 0.615 bits per heavy atom. The van der Waals surface area contributed by atoms with E-state index in [-0.39, 0.29) is 60.8 Å². The van der Waals surface area contributed by atoms with Gasteiger partial charge in [0.25, 0.3) is 0 Å². The van der Waals surface area contributed by atoms with Crippen molar-refractivity contribution in [1.82, 2.24) is 0 Å². The van der Waals surface area contributed by atoms with E-state index in [0.29, 0.717) is 0 Å². The highest BCUT2D eigenvalue weighted by Gasteiger charge is 2.19. The average molecular weight is 384 g/mol. The minimum Gasteiger partial charge on any atom is -0.481 e. The lowest BCUT2D eigenvalue weighted by molar-refractivity contribution is -0.152. The van der Waals surface area contributed by atoms with Gasteiger partial charge in [-0.15, -0.1) is 0 Å². The van der Waals surface area contributed by atoms with E-state index in [2.05, 4.69) is 4.74 Å². The Morgan fingerprint density at radius 2 is 0.808 bits per heavy atom. The fourth-order valence-corrected chi connectivity index (χ4v) is 0.861. The Labute approximate surface area is 151 Å². The number of aliphatic carboxylic acids is 4. The average Bonchev–Trinajstić information content (AvgIpc) is 2.79. The second-order valence-corrected chi connectivity index (χ2v) is 3.92. The third kappa shape index (κ3) is 32.8. The predicted octanol–water partition coefficient (Wildman–Crippen LogP) is 1.63.